The molecule has 1 aromatic carbocycles. The van der Waals surface area contributed by atoms with Gasteiger partial charge in [-0.25, -0.2) is 9.59 Å². The van der Waals surface area contributed by atoms with Gasteiger partial charge in [-0.3, -0.25) is 0 Å². The average Bonchev–Trinajstić information content (AvgIpc) is 3.19. The number of aliphatic hydroxyl groups is 2. The third-order valence-corrected chi connectivity index (χ3v) is 8.69. The van der Waals surface area contributed by atoms with Crippen molar-refractivity contribution in [3.63, 3.8) is 0 Å². The van der Waals surface area contributed by atoms with Gasteiger partial charge in [-0.15, -0.1) is 0 Å². The Bertz CT molecular complexity index is 1030. The van der Waals surface area contributed by atoms with E-state index in [1.54, 1.807) is 6.08 Å². The second-order valence-corrected chi connectivity index (χ2v) is 10.7. The predicted octanol–water partition coefficient (Wildman–Crippen LogP) is 4.23. The molecule has 1 saturated heterocycles. The molecular weight excluding hydrogens is 444 g/mol. The summed E-state index contributed by atoms with van der Waals surface area (Å²) in [5, 5.41) is 20.9. The normalized spacial score (nSPS) is 36.3. The van der Waals surface area contributed by atoms with Crippen LogP contribution in [-0.2, 0) is 19.1 Å². The predicted molar refractivity (Wildman–Crippen MR) is 133 cm³/mol. The lowest BCUT2D eigenvalue weighted by atomic mass is 9.46. The zero-order chi connectivity index (χ0) is 25.2. The van der Waals surface area contributed by atoms with Gasteiger partial charge in [0.15, 0.2) is 6.10 Å². The van der Waals surface area contributed by atoms with E-state index in [1.807, 2.05) is 43.3 Å². The first-order valence-electron chi connectivity index (χ1n) is 12.5. The molecule has 0 amide bonds. The van der Waals surface area contributed by atoms with Crippen molar-refractivity contribution in [2.24, 2.45) is 22.7 Å². The van der Waals surface area contributed by atoms with E-state index in [-0.39, 0.29) is 30.5 Å². The number of fused-ring (bicyclic) bond motifs is 1. The highest BCUT2D eigenvalue weighted by Crippen LogP contribution is 2.61. The van der Waals surface area contributed by atoms with E-state index in [4.69, 9.17) is 9.47 Å². The lowest BCUT2D eigenvalue weighted by molar-refractivity contribution is -0.151. The summed E-state index contributed by atoms with van der Waals surface area (Å²) in [7, 11) is 0. The number of esters is 2. The van der Waals surface area contributed by atoms with Crippen molar-refractivity contribution in [1.29, 1.82) is 0 Å². The summed E-state index contributed by atoms with van der Waals surface area (Å²) in [6, 6.07) is 9.44. The van der Waals surface area contributed by atoms with E-state index in [9.17, 15) is 19.8 Å². The number of benzene rings is 1. The van der Waals surface area contributed by atoms with Crippen LogP contribution in [0, 0.1) is 22.7 Å². The number of hydrogen-bond donors (Lipinski definition) is 2. The Kier molecular flexibility index (Phi) is 7.34. The number of carbonyl (C=O) groups is 2. The Morgan fingerprint density at radius 3 is 2.71 bits per heavy atom. The Hall–Kier alpha value is -2.70. The van der Waals surface area contributed by atoms with Crippen LogP contribution in [0.3, 0.4) is 0 Å². The number of hydrogen-bond acceptors (Lipinski definition) is 6. The molecule has 6 heteroatoms. The summed E-state index contributed by atoms with van der Waals surface area (Å²) in [4.78, 5) is 24.9. The van der Waals surface area contributed by atoms with Crippen LogP contribution >= 0.6 is 0 Å². The van der Waals surface area contributed by atoms with Crippen molar-refractivity contribution in [2.75, 3.05) is 13.2 Å². The SMILES string of the molecule is C=C1CCC2[C@](C)(CO)[C@H](O)CC[C@@]2(C)[C@@H]1C/C=C1\C(=O)OCC1OC(=O)/C=C/c1ccccc1. The maximum absolute atomic E-state index is 12.5. The molecule has 3 fully saturated rings. The third-order valence-electron chi connectivity index (χ3n) is 8.69. The van der Waals surface area contributed by atoms with Gasteiger partial charge in [-0.1, -0.05) is 62.4 Å². The molecule has 2 saturated carbocycles. The minimum absolute atomic E-state index is 0.00979. The molecule has 1 heterocycles. The van der Waals surface area contributed by atoms with Gasteiger partial charge in [-0.2, -0.15) is 0 Å². The van der Waals surface area contributed by atoms with Gasteiger partial charge in [0.05, 0.1) is 18.3 Å². The minimum atomic E-state index is -0.744. The van der Waals surface area contributed by atoms with E-state index >= 15 is 0 Å². The molecule has 6 nitrogen and oxygen atoms in total. The lowest BCUT2D eigenvalue weighted by Gasteiger charge is -2.59. The maximum Gasteiger partial charge on any atom is 0.337 e. The highest BCUT2D eigenvalue weighted by Gasteiger charge is 2.57. The van der Waals surface area contributed by atoms with Gasteiger partial charge in [0, 0.05) is 11.5 Å². The Morgan fingerprint density at radius 2 is 2.00 bits per heavy atom. The first-order chi connectivity index (χ1) is 16.7. The molecule has 3 aliphatic rings. The van der Waals surface area contributed by atoms with E-state index in [0.29, 0.717) is 18.4 Å². The Balaban J connectivity index is 1.49. The number of aliphatic hydroxyl groups excluding tert-OH is 2. The Morgan fingerprint density at radius 1 is 1.26 bits per heavy atom. The first-order valence-corrected chi connectivity index (χ1v) is 12.5. The van der Waals surface area contributed by atoms with Crippen LogP contribution in [0.15, 0.2) is 60.2 Å². The van der Waals surface area contributed by atoms with E-state index in [0.717, 1.165) is 30.4 Å². The lowest BCUT2D eigenvalue weighted by Crippen LogP contribution is -2.57. The standard InChI is InChI=1S/C29H36O6/c1-19-9-13-24-28(2,16-15-25(31)29(24,3)18-30)22(19)12-11-21-23(17-34-27(21)33)35-26(32)14-10-20-7-5-4-6-8-20/h4-8,10-11,14,22-25,30-31H,1,9,12-13,15-18H2,2-3H3/b14-10+,21-11-/t22-,23?,24?,25-,28+,29+/m1/s1. The highest BCUT2D eigenvalue weighted by molar-refractivity contribution is 5.93. The van der Waals surface area contributed by atoms with Gasteiger partial charge >= 0.3 is 11.9 Å². The minimum Gasteiger partial charge on any atom is -0.458 e. The number of allylic oxidation sites excluding steroid dienone is 2. The van der Waals surface area contributed by atoms with Crippen LogP contribution in [0.4, 0.5) is 0 Å². The van der Waals surface area contributed by atoms with Crippen LogP contribution in [0.2, 0.25) is 0 Å². The third kappa shape index (κ3) is 4.87. The topological polar surface area (TPSA) is 93.1 Å². The quantitative estimate of drug-likeness (QED) is 0.360. The Labute approximate surface area is 207 Å². The number of ether oxygens (including phenoxy) is 2. The fourth-order valence-corrected chi connectivity index (χ4v) is 6.56. The fourth-order valence-electron chi connectivity index (χ4n) is 6.56. The van der Waals surface area contributed by atoms with Crippen molar-refractivity contribution >= 4 is 18.0 Å². The zero-order valence-corrected chi connectivity index (χ0v) is 20.6. The van der Waals surface area contributed by atoms with Gasteiger partial charge in [0.1, 0.15) is 6.61 Å². The molecule has 188 valence electrons. The van der Waals surface area contributed by atoms with Crippen LogP contribution < -0.4 is 0 Å². The second kappa shape index (κ2) is 10.1. The van der Waals surface area contributed by atoms with Crippen molar-refractivity contribution in [3.05, 3.63) is 65.8 Å². The molecule has 1 aliphatic heterocycles. The summed E-state index contributed by atoms with van der Waals surface area (Å²) in [6.45, 7) is 8.50. The van der Waals surface area contributed by atoms with Crippen molar-refractivity contribution in [2.45, 2.75) is 58.2 Å². The van der Waals surface area contributed by atoms with Crippen LogP contribution in [0.1, 0.15) is 51.5 Å². The summed E-state index contributed by atoms with van der Waals surface area (Å²) >= 11 is 0. The van der Waals surface area contributed by atoms with Gasteiger partial charge in [-0.05, 0) is 61.0 Å². The van der Waals surface area contributed by atoms with Crippen molar-refractivity contribution < 1.29 is 29.3 Å². The molecule has 2 N–H and O–H groups in total. The van der Waals surface area contributed by atoms with Crippen LogP contribution in [0.25, 0.3) is 6.08 Å². The van der Waals surface area contributed by atoms with Crippen LogP contribution in [0.5, 0.6) is 0 Å². The summed E-state index contributed by atoms with van der Waals surface area (Å²) < 4.78 is 10.8. The smallest absolute Gasteiger partial charge is 0.337 e. The number of rotatable bonds is 6. The summed E-state index contributed by atoms with van der Waals surface area (Å²) in [5.74, 6) is -0.755. The van der Waals surface area contributed by atoms with Gasteiger partial charge in [0.25, 0.3) is 0 Å². The molecular formula is C29H36O6. The largest absolute Gasteiger partial charge is 0.458 e. The van der Waals surface area contributed by atoms with Gasteiger partial charge < -0.3 is 19.7 Å². The van der Waals surface area contributed by atoms with E-state index < -0.39 is 29.6 Å². The second-order valence-electron chi connectivity index (χ2n) is 10.7. The van der Waals surface area contributed by atoms with E-state index in [2.05, 4.69) is 13.5 Å². The summed E-state index contributed by atoms with van der Waals surface area (Å²) in [6.07, 6.45) is 7.32. The molecule has 4 rings (SSSR count). The van der Waals surface area contributed by atoms with Crippen molar-refractivity contribution in [1.82, 2.24) is 0 Å². The van der Waals surface area contributed by atoms with Gasteiger partial charge in [0.2, 0.25) is 0 Å². The molecule has 2 aliphatic carbocycles. The van der Waals surface area contributed by atoms with Crippen LogP contribution in [-0.4, -0.2) is 47.6 Å². The van der Waals surface area contributed by atoms with E-state index in [1.165, 1.54) is 6.08 Å². The molecule has 0 radical (unpaired) electrons. The molecule has 0 spiro atoms. The first kappa shape index (κ1) is 25.4. The number of carbonyl (C=O) groups excluding carboxylic acids is 2. The summed E-state index contributed by atoms with van der Waals surface area (Å²) in [5.41, 5.74) is 1.66. The van der Waals surface area contributed by atoms with Crippen molar-refractivity contribution in [3.8, 4) is 0 Å². The molecule has 1 aromatic rings. The molecule has 6 atom stereocenters. The maximum atomic E-state index is 12.5. The fraction of sp³-hybridized carbons (Fsp3) is 0.517. The molecule has 0 bridgehead atoms. The molecule has 0 aromatic heterocycles. The monoisotopic (exact) mass is 480 g/mol. The molecule has 35 heavy (non-hydrogen) atoms. The molecule has 2 unspecified atom stereocenters. The number of cyclic esters (lactones) is 1. The zero-order valence-electron chi connectivity index (χ0n) is 20.6. The highest BCUT2D eigenvalue weighted by atomic mass is 16.6. The average molecular weight is 481 g/mol.